The maximum atomic E-state index is 13.6. The first-order valence-electron chi connectivity index (χ1n) is 10.9. The zero-order chi connectivity index (χ0) is 22.4. The number of rotatable bonds is 5. The number of H-pyrrole nitrogens is 2. The molecule has 0 radical (unpaired) electrons. The predicted molar refractivity (Wildman–Crippen MR) is 119 cm³/mol. The monoisotopic (exact) mass is 449 g/mol. The Balaban J connectivity index is 1.46. The molecule has 5 aromatic rings. The van der Waals surface area contributed by atoms with Crippen LogP contribution in [-0.4, -0.2) is 49.9 Å². The number of nitrogens with zero attached hydrogens (tertiary/aromatic N) is 4. The van der Waals surface area contributed by atoms with Crippen molar-refractivity contribution in [2.24, 2.45) is 0 Å². The van der Waals surface area contributed by atoms with Crippen LogP contribution in [0.3, 0.4) is 0 Å². The standard InChI is InChI=1S/C23H21F2N7O/c24-19(25)9-16-15-8-12(22-31-32-23(33-22)13-2-1-6-26-10-13)3-4-18(15)29-20(16)14-5-7-27-21-17(14)11-28-30-21/h3-5,7-8,11,13,19,26,29H,1-2,6,9-10H2,(H,27,28,30). The number of pyridine rings is 1. The number of nitrogens with one attached hydrogen (secondary N) is 3. The van der Waals surface area contributed by atoms with Crippen molar-refractivity contribution >= 4 is 21.9 Å². The summed E-state index contributed by atoms with van der Waals surface area (Å²) in [5.41, 5.74) is 4.00. The molecule has 1 saturated heterocycles. The second-order valence-electron chi connectivity index (χ2n) is 8.31. The van der Waals surface area contributed by atoms with E-state index in [1.165, 1.54) is 0 Å². The van der Waals surface area contributed by atoms with Gasteiger partial charge >= 0.3 is 0 Å². The lowest BCUT2D eigenvalue weighted by molar-refractivity contribution is 0.149. The third-order valence-electron chi connectivity index (χ3n) is 6.22. The van der Waals surface area contributed by atoms with Crippen LogP contribution < -0.4 is 5.32 Å². The number of hydrogen-bond donors (Lipinski definition) is 3. The topological polar surface area (TPSA) is 108 Å². The largest absolute Gasteiger partial charge is 0.420 e. The summed E-state index contributed by atoms with van der Waals surface area (Å²) in [5.74, 6) is 1.20. The molecule has 5 heterocycles. The van der Waals surface area contributed by atoms with Gasteiger partial charge in [0.05, 0.1) is 11.9 Å². The number of halogens is 2. The Kier molecular flexibility index (Phi) is 4.87. The molecule has 1 aliphatic heterocycles. The van der Waals surface area contributed by atoms with Crippen LogP contribution in [0.2, 0.25) is 0 Å². The molecule has 0 aliphatic carbocycles. The van der Waals surface area contributed by atoms with Gasteiger partial charge in [-0.05, 0) is 49.2 Å². The van der Waals surface area contributed by atoms with Gasteiger partial charge in [-0.3, -0.25) is 5.10 Å². The summed E-state index contributed by atoms with van der Waals surface area (Å²) < 4.78 is 33.2. The van der Waals surface area contributed by atoms with E-state index in [1.807, 2.05) is 18.2 Å². The van der Waals surface area contributed by atoms with E-state index < -0.39 is 6.43 Å². The molecule has 1 fully saturated rings. The van der Waals surface area contributed by atoms with Crippen molar-refractivity contribution < 1.29 is 13.2 Å². The second-order valence-corrected chi connectivity index (χ2v) is 8.31. The van der Waals surface area contributed by atoms with E-state index in [-0.39, 0.29) is 12.3 Å². The molecule has 0 amide bonds. The lowest BCUT2D eigenvalue weighted by Crippen LogP contribution is -2.28. The number of piperidine rings is 1. The van der Waals surface area contributed by atoms with E-state index in [0.717, 1.165) is 42.4 Å². The Morgan fingerprint density at radius 3 is 2.94 bits per heavy atom. The van der Waals surface area contributed by atoms with Crippen molar-refractivity contribution in [3.05, 3.63) is 48.1 Å². The van der Waals surface area contributed by atoms with Crippen LogP contribution in [0.15, 0.2) is 41.1 Å². The molecule has 0 spiro atoms. The van der Waals surface area contributed by atoms with Gasteiger partial charge in [-0.2, -0.15) is 5.10 Å². The van der Waals surface area contributed by atoms with E-state index in [2.05, 4.69) is 35.7 Å². The highest BCUT2D eigenvalue weighted by Crippen LogP contribution is 2.37. The molecule has 3 N–H and O–H groups in total. The zero-order valence-electron chi connectivity index (χ0n) is 17.6. The molecule has 33 heavy (non-hydrogen) atoms. The first-order valence-corrected chi connectivity index (χ1v) is 10.9. The zero-order valence-corrected chi connectivity index (χ0v) is 17.6. The van der Waals surface area contributed by atoms with Crippen LogP contribution in [0.1, 0.15) is 30.2 Å². The van der Waals surface area contributed by atoms with E-state index in [1.54, 1.807) is 18.5 Å². The number of benzene rings is 1. The van der Waals surface area contributed by atoms with Crippen LogP contribution >= 0.6 is 0 Å². The minimum Gasteiger partial charge on any atom is -0.420 e. The second kappa shape index (κ2) is 8.04. The van der Waals surface area contributed by atoms with Gasteiger partial charge in [0.2, 0.25) is 18.2 Å². The molecule has 6 rings (SSSR count). The van der Waals surface area contributed by atoms with Gasteiger partial charge in [0.25, 0.3) is 0 Å². The maximum Gasteiger partial charge on any atom is 0.247 e. The normalized spacial score (nSPS) is 16.9. The predicted octanol–water partition coefficient (Wildman–Crippen LogP) is 4.43. The molecule has 4 aromatic heterocycles. The number of alkyl halides is 2. The average molecular weight is 449 g/mol. The first kappa shape index (κ1) is 20.0. The molecular weight excluding hydrogens is 428 g/mol. The summed E-state index contributed by atoms with van der Waals surface area (Å²) in [5, 5.41) is 20.2. The summed E-state index contributed by atoms with van der Waals surface area (Å²) in [7, 11) is 0. The van der Waals surface area contributed by atoms with Crippen LogP contribution in [0.4, 0.5) is 8.78 Å². The van der Waals surface area contributed by atoms with Gasteiger partial charge in [0, 0.05) is 52.5 Å². The highest BCUT2D eigenvalue weighted by molar-refractivity contribution is 5.99. The van der Waals surface area contributed by atoms with Gasteiger partial charge in [-0.15, -0.1) is 10.2 Å². The third kappa shape index (κ3) is 3.56. The summed E-state index contributed by atoms with van der Waals surface area (Å²) in [6, 6.07) is 7.38. The molecule has 168 valence electrons. The molecule has 1 unspecified atom stereocenters. The lowest BCUT2D eigenvalue weighted by atomic mass is 10.00. The third-order valence-corrected chi connectivity index (χ3v) is 6.22. The quantitative estimate of drug-likeness (QED) is 0.366. The SMILES string of the molecule is FC(F)Cc1c(-c2ccnc3[nH]ncc23)[nH]c2ccc(-c3nnc(C4CCCNC4)o3)cc12. The van der Waals surface area contributed by atoms with Crippen molar-refractivity contribution in [1.29, 1.82) is 0 Å². The van der Waals surface area contributed by atoms with Crippen molar-refractivity contribution in [3.63, 3.8) is 0 Å². The van der Waals surface area contributed by atoms with Crippen molar-refractivity contribution in [2.45, 2.75) is 31.6 Å². The molecule has 8 nitrogen and oxygen atoms in total. The fraction of sp³-hybridized carbons (Fsp3) is 0.304. The maximum absolute atomic E-state index is 13.6. The smallest absolute Gasteiger partial charge is 0.247 e. The number of aromatic nitrogens is 6. The van der Waals surface area contributed by atoms with E-state index in [4.69, 9.17) is 4.42 Å². The van der Waals surface area contributed by atoms with Gasteiger partial charge < -0.3 is 14.7 Å². The highest BCUT2D eigenvalue weighted by Gasteiger charge is 2.23. The molecular formula is C23H21F2N7O. The summed E-state index contributed by atoms with van der Waals surface area (Å²) in [6.45, 7) is 1.81. The molecule has 1 aliphatic rings. The number of hydrogen-bond acceptors (Lipinski definition) is 6. The summed E-state index contributed by atoms with van der Waals surface area (Å²) in [4.78, 5) is 7.58. The Hall–Kier alpha value is -3.66. The highest BCUT2D eigenvalue weighted by atomic mass is 19.3. The van der Waals surface area contributed by atoms with E-state index in [0.29, 0.717) is 39.6 Å². The van der Waals surface area contributed by atoms with Crippen LogP contribution in [0.25, 0.3) is 44.6 Å². The van der Waals surface area contributed by atoms with Gasteiger partial charge in [0.1, 0.15) is 0 Å². The molecule has 0 bridgehead atoms. The molecule has 1 aromatic carbocycles. The fourth-order valence-electron chi connectivity index (χ4n) is 4.62. The van der Waals surface area contributed by atoms with Crippen molar-refractivity contribution in [3.8, 4) is 22.7 Å². The Labute approximate surface area is 186 Å². The fourth-order valence-corrected chi connectivity index (χ4v) is 4.62. The Bertz CT molecular complexity index is 1430. The van der Waals surface area contributed by atoms with Gasteiger partial charge in [-0.25, -0.2) is 13.8 Å². The van der Waals surface area contributed by atoms with Crippen molar-refractivity contribution in [1.82, 2.24) is 35.7 Å². The van der Waals surface area contributed by atoms with Gasteiger partial charge in [0.15, 0.2) is 5.65 Å². The van der Waals surface area contributed by atoms with Crippen LogP contribution in [0, 0.1) is 0 Å². The summed E-state index contributed by atoms with van der Waals surface area (Å²) >= 11 is 0. The molecule has 0 saturated carbocycles. The first-order chi connectivity index (χ1) is 16.2. The number of aromatic amines is 2. The van der Waals surface area contributed by atoms with Crippen molar-refractivity contribution in [2.75, 3.05) is 13.1 Å². The average Bonchev–Trinajstić information content (AvgIpc) is 3.58. The van der Waals surface area contributed by atoms with Crippen LogP contribution in [0.5, 0.6) is 0 Å². The van der Waals surface area contributed by atoms with E-state index >= 15 is 0 Å². The molecule has 1 atom stereocenters. The Morgan fingerprint density at radius 1 is 1.15 bits per heavy atom. The van der Waals surface area contributed by atoms with Crippen LogP contribution in [-0.2, 0) is 6.42 Å². The minimum absolute atomic E-state index is 0.195. The lowest BCUT2D eigenvalue weighted by Gasteiger charge is -2.18. The molecule has 10 heteroatoms. The Morgan fingerprint density at radius 2 is 2.09 bits per heavy atom. The van der Waals surface area contributed by atoms with Gasteiger partial charge in [-0.1, -0.05) is 0 Å². The number of fused-ring (bicyclic) bond motifs is 2. The van der Waals surface area contributed by atoms with E-state index in [9.17, 15) is 8.78 Å². The minimum atomic E-state index is -2.50. The summed E-state index contributed by atoms with van der Waals surface area (Å²) in [6.07, 6.45) is 2.48.